The van der Waals surface area contributed by atoms with Crippen molar-refractivity contribution in [2.24, 2.45) is 0 Å². The van der Waals surface area contributed by atoms with E-state index in [0.29, 0.717) is 0 Å². The van der Waals surface area contributed by atoms with Crippen LogP contribution in [-0.2, 0) is 33.3 Å². The quantitative estimate of drug-likeness (QED) is 0.185. The van der Waals surface area contributed by atoms with Crippen molar-refractivity contribution < 1.29 is 57.7 Å². The Balaban J connectivity index is 0.00000192. The molecule has 5 aromatic rings. The number of halogens is 3. The van der Waals surface area contributed by atoms with Gasteiger partial charge >= 0.3 is 273 Å². The van der Waals surface area contributed by atoms with Gasteiger partial charge in [0.1, 0.15) is 0 Å². The summed E-state index contributed by atoms with van der Waals surface area (Å²) in [4.78, 5) is 0. The van der Waals surface area contributed by atoms with Crippen molar-refractivity contribution in [3.05, 3.63) is 184 Å². The second-order valence-corrected chi connectivity index (χ2v) is 16.3. The topological polar surface area (TPSA) is 0 Å². The molecule has 0 radical (unpaired) electrons. The first-order valence-electron chi connectivity index (χ1n) is 15.4. The number of benzene rings is 5. The van der Waals surface area contributed by atoms with E-state index < -0.39 is 8.80 Å². The van der Waals surface area contributed by atoms with Crippen molar-refractivity contribution in [2.45, 2.75) is 43.4 Å². The zero-order valence-electron chi connectivity index (χ0n) is 26.6. The fourth-order valence-corrected chi connectivity index (χ4v) is 12.0. The maximum Gasteiger partial charge on any atom is -1.00 e. The minimum absolute atomic E-state index is 0. The van der Waals surface area contributed by atoms with Gasteiger partial charge in [0.25, 0.3) is 0 Å². The maximum absolute atomic E-state index is 2.53. The Morgan fingerprint density at radius 3 is 1.30 bits per heavy atom. The Labute approximate surface area is 307 Å². The third kappa shape index (κ3) is 8.26. The van der Waals surface area contributed by atoms with Gasteiger partial charge in [0.15, 0.2) is 0 Å². The van der Waals surface area contributed by atoms with Crippen LogP contribution >= 0.6 is 0 Å². The molecule has 0 saturated heterocycles. The number of hydrogen-bond donors (Lipinski definition) is 0. The van der Waals surface area contributed by atoms with Crippen LogP contribution in [0.15, 0.2) is 156 Å². The smallest absolute Gasteiger partial charge is 1.00 e. The van der Waals surface area contributed by atoms with E-state index in [2.05, 4.69) is 181 Å². The summed E-state index contributed by atoms with van der Waals surface area (Å²) in [7, 11) is -1.53. The van der Waals surface area contributed by atoms with Gasteiger partial charge in [0.05, 0.1) is 0 Å². The Kier molecular flexibility index (Phi) is 14.0. The largest absolute Gasteiger partial charge is 1.00 e. The third-order valence-corrected chi connectivity index (χ3v) is 14.7. The van der Waals surface area contributed by atoms with Gasteiger partial charge < -0.3 is 37.2 Å². The molecule has 0 spiro atoms. The summed E-state index contributed by atoms with van der Waals surface area (Å²) in [6.07, 6.45) is 1.88. The minimum atomic E-state index is -1.53. The first-order chi connectivity index (χ1) is 20.9. The van der Waals surface area contributed by atoms with Crippen molar-refractivity contribution in [2.75, 3.05) is 0 Å². The molecule has 0 aliphatic heterocycles. The molecule has 0 aromatic heterocycles. The molecular weight excluding hydrogens is 675 g/mol. The zero-order chi connectivity index (χ0) is 29.8. The summed E-state index contributed by atoms with van der Waals surface area (Å²) >= 11 is 2.53. The number of rotatable bonds is 9. The Hall–Kier alpha value is -2.62. The summed E-state index contributed by atoms with van der Waals surface area (Å²) in [6, 6.07) is 53.0. The zero-order valence-corrected chi connectivity index (χ0v) is 31.6. The molecule has 46 heavy (non-hydrogen) atoms. The van der Waals surface area contributed by atoms with Crippen molar-refractivity contribution in [1.82, 2.24) is 0 Å². The normalized spacial score (nSPS) is 15.7. The van der Waals surface area contributed by atoms with E-state index in [1.165, 1.54) is 60.5 Å². The van der Waals surface area contributed by atoms with Gasteiger partial charge in [-0.15, -0.1) is 0 Å². The fourth-order valence-electron chi connectivity index (χ4n) is 6.89. The van der Waals surface area contributed by atoms with Crippen LogP contribution in [0.4, 0.5) is 0 Å². The number of allylic oxidation sites excluding steroid dienone is 4. The molecule has 0 nitrogen and oxygen atoms in total. The second kappa shape index (κ2) is 17.0. The van der Waals surface area contributed by atoms with Crippen LogP contribution < -0.4 is 47.6 Å². The van der Waals surface area contributed by atoms with E-state index in [1.54, 1.807) is 0 Å². The number of hydrogen-bond acceptors (Lipinski definition) is 0. The van der Waals surface area contributed by atoms with E-state index in [9.17, 15) is 0 Å². The first kappa shape index (κ1) is 37.8. The van der Waals surface area contributed by atoms with Gasteiger partial charge in [-0.2, -0.15) is 0 Å². The van der Waals surface area contributed by atoms with Crippen LogP contribution in [0.2, 0.25) is 9.76 Å². The Morgan fingerprint density at radius 2 is 0.891 bits per heavy atom. The Morgan fingerprint density at radius 1 is 0.500 bits per heavy atom. The van der Waals surface area contributed by atoms with Crippen molar-refractivity contribution in [1.29, 1.82) is 0 Å². The molecule has 5 heteroatoms. The van der Waals surface area contributed by atoms with E-state index in [-0.39, 0.29) is 40.9 Å². The SMILES string of the molecule is CC1=C(C)[C]([Ti+3])(C[SiH](c2ccccc2)c2ccccc2)C(c2cc(Cc3ccccc3)cc(Cc3ccccc3)c2)=C1C.[Cl-].[Cl-].[Cl-]. The summed E-state index contributed by atoms with van der Waals surface area (Å²) in [5.41, 5.74) is 12.9. The van der Waals surface area contributed by atoms with Gasteiger partial charge in [0, 0.05) is 0 Å². The molecule has 0 amide bonds. The molecule has 0 bridgehead atoms. The van der Waals surface area contributed by atoms with Gasteiger partial charge in [-0.05, 0) is 0 Å². The fraction of sp³-hybridized carbons (Fsp3) is 0.171. The van der Waals surface area contributed by atoms with E-state index >= 15 is 0 Å². The Bertz CT molecular complexity index is 1670. The predicted molar refractivity (Wildman–Crippen MR) is 183 cm³/mol. The molecule has 1 atom stereocenters. The third-order valence-electron chi connectivity index (χ3n) is 9.32. The summed E-state index contributed by atoms with van der Waals surface area (Å²) < 4.78 is -0.0356. The molecule has 6 rings (SSSR count). The average Bonchev–Trinajstić information content (AvgIpc) is 3.21. The van der Waals surface area contributed by atoms with Crippen LogP contribution in [0.1, 0.15) is 48.6 Å². The molecule has 0 heterocycles. The molecule has 5 aromatic carbocycles. The summed E-state index contributed by atoms with van der Waals surface area (Å²) in [5.74, 6) is 0. The molecule has 1 aliphatic carbocycles. The molecule has 232 valence electrons. The van der Waals surface area contributed by atoms with Crippen LogP contribution in [0.3, 0.4) is 0 Å². The molecular formula is C41H39Cl3SiTi. The predicted octanol–water partition coefficient (Wildman–Crippen LogP) is -0.249. The molecule has 1 aliphatic rings. The van der Waals surface area contributed by atoms with Crippen LogP contribution in [0.5, 0.6) is 0 Å². The van der Waals surface area contributed by atoms with Crippen molar-refractivity contribution in [3.8, 4) is 0 Å². The molecule has 0 saturated carbocycles. The van der Waals surface area contributed by atoms with Crippen molar-refractivity contribution >= 4 is 24.7 Å². The van der Waals surface area contributed by atoms with Gasteiger partial charge in [0.2, 0.25) is 0 Å². The van der Waals surface area contributed by atoms with Gasteiger partial charge in [-0.3, -0.25) is 0 Å². The molecule has 1 unspecified atom stereocenters. The second-order valence-electron chi connectivity index (χ2n) is 12.1. The van der Waals surface area contributed by atoms with Crippen LogP contribution in [0, 0.1) is 0 Å². The van der Waals surface area contributed by atoms with Gasteiger partial charge in [-0.1, -0.05) is 0 Å². The standard InChI is InChI=1S/C41H39Si.3ClH.Ti/c1-30-31(2)40(29-42(38-20-12-6-13-21-38)39-22-14-7-15-23-39)41(32(30)3)37-27-35(24-33-16-8-4-9-17-33)26-36(28-37)25-34-18-10-5-11-19-34;;;;/h4-23,26-28,42H,24-25,29H2,1-3H3;3*1H;/q;;;;+3/p-3. The summed E-state index contributed by atoms with van der Waals surface area (Å²) in [5, 5.41) is 3.04. The molecule has 0 N–H and O–H groups in total. The maximum atomic E-state index is 2.53. The van der Waals surface area contributed by atoms with Crippen LogP contribution in [0.25, 0.3) is 5.57 Å². The first-order valence-corrected chi connectivity index (χ1v) is 18.1. The monoisotopic (exact) mass is 712 g/mol. The molecule has 0 fully saturated rings. The van der Waals surface area contributed by atoms with E-state index in [1.807, 2.05) is 0 Å². The van der Waals surface area contributed by atoms with E-state index in [4.69, 9.17) is 0 Å². The van der Waals surface area contributed by atoms with Gasteiger partial charge in [-0.25, -0.2) is 0 Å². The van der Waals surface area contributed by atoms with Crippen molar-refractivity contribution in [3.63, 3.8) is 0 Å². The van der Waals surface area contributed by atoms with E-state index in [0.717, 1.165) is 18.9 Å². The average molecular weight is 714 g/mol. The minimum Gasteiger partial charge on any atom is -1.00 e. The van der Waals surface area contributed by atoms with Crippen LogP contribution in [-0.4, -0.2) is 8.80 Å². The summed E-state index contributed by atoms with van der Waals surface area (Å²) in [6.45, 7) is 7.10.